The molecule has 2 aromatic rings. The van der Waals surface area contributed by atoms with Crippen LogP contribution in [-0.4, -0.2) is 5.91 Å². The van der Waals surface area contributed by atoms with Gasteiger partial charge in [0, 0.05) is 5.56 Å². The van der Waals surface area contributed by atoms with Crippen molar-refractivity contribution >= 4 is 5.91 Å². The lowest BCUT2D eigenvalue weighted by atomic mass is 10.2. The Morgan fingerprint density at radius 3 is 2.74 bits per heavy atom. The molecule has 6 heteroatoms. The third kappa shape index (κ3) is 2.91. The van der Waals surface area contributed by atoms with Gasteiger partial charge in [-0.25, -0.2) is 5.84 Å². The Kier molecular flexibility index (Phi) is 3.81. The Bertz CT molecular complexity index is 611. The minimum absolute atomic E-state index is 0.121. The fourth-order valence-electron chi connectivity index (χ4n) is 1.50. The fraction of sp³-hybridized carbons (Fsp3) is 0.0769. The van der Waals surface area contributed by atoms with Crippen molar-refractivity contribution in [3.63, 3.8) is 0 Å². The summed E-state index contributed by atoms with van der Waals surface area (Å²) in [6, 6.07) is 10.3. The fourth-order valence-corrected chi connectivity index (χ4v) is 1.50. The van der Waals surface area contributed by atoms with Gasteiger partial charge in [0.2, 0.25) is 0 Å². The number of nitrogen functional groups attached to an aromatic ring is 1. The number of ether oxygens (including phenoxy) is 1. The first kappa shape index (κ1) is 12.7. The van der Waals surface area contributed by atoms with E-state index in [1.54, 1.807) is 30.3 Å². The topological polar surface area (TPSA) is 101 Å². The summed E-state index contributed by atoms with van der Waals surface area (Å²) in [4.78, 5) is 11.4. The predicted molar refractivity (Wildman–Crippen MR) is 65.9 cm³/mol. The second-order valence-corrected chi connectivity index (χ2v) is 3.67. The standard InChI is InChI=1S/C13H11N3O3/c14-7-9-1-3-11(4-2-9)19-8-10-5-6-18-12(10)13(17)16-15/h1-6H,8,15H2,(H,16,17). The SMILES string of the molecule is N#Cc1ccc(OCc2ccoc2C(=O)NN)cc1. The van der Waals surface area contributed by atoms with Gasteiger partial charge in [0.25, 0.3) is 0 Å². The maximum Gasteiger partial charge on any atom is 0.301 e. The average molecular weight is 257 g/mol. The van der Waals surface area contributed by atoms with Crippen LogP contribution in [0.3, 0.4) is 0 Å². The van der Waals surface area contributed by atoms with Gasteiger partial charge >= 0.3 is 5.91 Å². The van der Waals surface area contributed by atoms with E-state index in [0.717, 1.165) is 0 Å². The first-order valence-electron chi connectivity index (χ1n) is 5.45. The Balaban J connectivity index is 2.04. The number of amides is 1. The molecule has 1 heterocycles. The zero-order valence-electron chi connectivity index (χ0n) is 9.92. The summed E-state index contributed by atoms with van der Waals surface area (Å²) in [6.07, 6.45) is 1.39. The Hall–Kier alpha value is -2.78. The highest BCUT2D eigenvalue weighted by molar-refractivity contribution is 5.92. The number of hydrazine groups is 1. The molecule has 0 aliphatic rings. The summed E-state index contributed by atoms with van der Waals surface area (Å²) in [5.41, 5.74) is 3.14. The number of nitrogens with one attached hydrogen (secondary N) is 1. The molecule has 0 aliphatic carbocycles. The van der Waals surface area contributed by atoms with E-state index in [-0.39, 0.29) is 12.4 Å². The molecule has 0 fully saturated rings. The van der Waals surface area contributed by atoms with Gasteiger partial charge in [0.05, 0.1) is 17.9 Å². The largest absolute Gasteiger partial charge is 0.489 e. The van der Waals surface area contributed by atoms with Crippen molar-refractivity contribution in [2.24, 2.45) is 5.84 Å². The van der Waals surface area contributed by atoms with Crippen LogP contribution in [-0.2, 0) is 6.61 Å². The molecule has 1 aromatic carbocycles. The van der Waals surface area contributed by atoms with Crippen molar-refractivity contribution in [1.82, 2.24) is 5.43 Å². The molecule has 0 aliphatic heterocycles. The smallest absolute Gasteiger partial charge is 0.301 e. The average Bonchev–Trinajstić information content (AvgIpc) is 2.93. The van der Waals surface area contributed by atoms with Crippen LogP contribution in [0.4, 0.5) is 0 Å². The van der Waals surface area contributed by atoms with Crippen LogP contribution in [0.1, 0.15) is 21.7 Å². The Labute approximate surface area is 109 Å². The van der Waals surface area contributed by atoms with Gasteiger partial charge in [-0.15, -0.1) is 0 Å². The Morgan fingerprint density at radius 1 is 1.37 bits per heavy atom. The molecule has 19 heavy (non-hydrogen) atoms. The molecule has 1 aromatic heterocycles. The van der Waals surface area contributed by atoms with E-state index in [2.05, 4.69) is 0 Å². The molecule has 0 saturated heterocycles. The molecule has 0 saturated carbocycles. The quantitative estimate of drug-likeness (QED) is 0.489. The van der Waals surface area contributed by atoms with Crippen molar-refractivity contribution in [3.05, 3.63) is 53.5 Å². The molecular weight excluding hydrogens is 246 g/mol. The van der Waals surface area contributed by atoms with E-state index in [9.17, 15) is 4.79 Å². The molecule has 96 valence electrons. The third-order valence-corrected chi connectivity index (χ3v) is 2.46. The maximum atomic E-state index is 11.4. The number of hydrogen-bond acceptors (Lipinski definition) is 5. The van der Waals surface area contributed by atoms with E-state index < -0.39 is 5.91 Å². The zero-order chi connectivity index (χ0) is 13.7. The molecule has 0 radical (unpaired) electrons. The van der Waals surface area contributed by atoms with Crippen LogP contribution >= 0.6 is 0 Å². The van der Waals surface area contributed by atoms with Gasteiger partial charge in [-0.1, -0.05) is 0 Å². The number of furan rings is 1. The highest BCUT2D eigenvalue weighted by Crippen LogP contribution is 2.16. The number of benzene rings is 1. The van der Waals surface area contributed by atoms with Crippen LogP contribution in [0, 0.1) is 11.3 Å². The summed E-state index contributed by atoms with van der Waals surface area (Å²) in [5.74, 6) is 5.25. The van der Waals surface area contributed by atoms with Crippen molar-refractivity contribution in [3.8, 4) is 11.8 Å². The molecule has 0 unspecified atom stereocenters. The zero-order valence-corrected chi connectivity index (χ0v) is 9.92. The van der Waals surface area contributed by atoms with Crippen LogP contribution < -0.4 is 16.0 Å². The highest BCUT2D eigenvalue weighted by atomic mass is 16.5. The van der Waals surface area contributed by atoms with E-state index in [1.807, 2.05) is 11.5 Å². The van der Waals surface area contributed by atoms with E-state index in [4.69, 9.17) is 20.3 Å². The number of nitrogens with zero attached hydrogens (tertiary/aromatic N) is 1. The van der Waals surface area contributed by atoms with Gasteiger partial charge in [0.1, 0.15) is 12.4 Å². The van der Waals surface area contributed by atoms with Crippen LogP contribution in [0.5, 0.6) is 5.75 Å². The molecule has 0 atom stereocenters. The Morgan fingerprint density at radius 2 is 2.11 bits per heavy atom. The van der Waals surface area contributed by atoms with Gasteiger partial charge < -0.3 is 9.15 Å². The predicted octanol–water partition coefficient (Wildman–Crippen LogP) is 1.33. The van der Waals surface area contributed by atoms with Gasteiger partial charge in [-0.05, 0) is 30.3 Å². The summed E-state index contributed by atoms with van der Waals surface area (Å²) in [7, 11) is 0. The van der Waals surface area contributed by atoms with E-state index >= 15 is 0 Å². The number of rotatable bonds is 4. The highest BCUT2D eigenvalue weighted by Gasteiger charge is 2.14. The first-order chi connectivity index (χ1) is 9.24. The second kappa shape index (κ2) is 5.71. The van der Waals surface area contributed by atoms with Crippen molar-refractivity contribution < 1.29 is 13.9 Å². The van der Waals surface area contributed by atoms with Crippen molar-refractivity contribution in [2.75, 3.05) is 0 Å². The summed E-state index contributed by atoms with van der Waals surface area (Å²) >= 11 is 0. The number of nitrogens with two attached hydrogens (primary N) is 1. The molecule has 2 rings (SSSR count). The van der Waals surface area contributed by atoms with Gasteiger partial charge in [-0.2, -0.15) is 5.26 Å². The van der Waals surface area contributed by atoms with Crippen molar-refractivity contribution in [1.29, 1.82) is 5.26 Å². The van der Waals surface area contributed by atoms with Gasteiger partial charge in [-0.3, -0.25) is 10.2 Å². The molecule has 6 nitrogen and oxygen atoms in total. The normalized spacial score (nSPS) is 9.68. The number of carbonyl (C=O) groups excluding carboxylic acids is 1. The molecule has 1 amide bonds. The maximum absolute atomic E-state index is 11.4. The van der Waals surface area contributed by atoms with Crippen LogP contribution in [0.2, 0.25) is 0 Å². The lowest BCUT2D eigenvalue weighted by Gasteiger charge is -2.05. The summed E-state index contributed by atoms with van der Waals surface area (Å²) in [6.45, 7) is 0.172. The molecule has 3 N–H and O–H groups in total. The second-order valence-electron chi connectivity index (χ2n) is 3.67. The number of carbonyl (C=O) groups is 1. The number of hydrogen-bond donors (Lipinski definition) is 2. The molecule has 0 spiro atoms. The summed E-state index contributed by atoms with van der Waals surface area (Å²) < 4.78 is 10.5. The lowest BCUT2D eigenvalue weighted by molar-refractivity contribution is 0.0922. The minimum Gasteiger partial charge on any atom is -0.489 e. The molecular formula is C13H11N3O3. The minimum atomic E-state index is -0.511. The third-order valence-electron chi connectivity index (χ3n) is 2.46. The monoisotopic (exact) mass is 257 g/mol. The van der Waals surface area contributed by atoms with Crippen LogP contribution in [0.15, 0.2) is 41.0 Å². The van der Waals surface area contributed by atoms with Crippen LogP contribution in [0.25, 0.3) is 0 Å². The van der Waals surface area contributed by atoms with Gasteiger partial charge in [0.15, 0.2) is 5.76 Å². The lowest BCUT2D eigenvalue weighted by Crippen LogP contribution is -2.30. The van der Waals surface area contributed by atoms with E-state index in [0.29, 0.717) is 16.9 Å². The molecule has 0 bridgehead atoms. The first-order valence-corrected chi connectivity index (χ1v) is 5.45. The summed E-state index contributed by atoms with van der Waals surface area (Å²) in [5, 5.41) is 8.67. The number of nitriles is 1. The van der Waals surface area contributed by atoms with Crippen molar-refractivity contribution in [2.45, 2.75) is 6.61 Å². The van der Waals surface area contributed by atoms with E-state index in [1.165, 1.54) is 6.26 Å².